The third-order valence-corrected chi connectivity index (χ3v) is 3.36. The highest BCUT2D eigenvalue weighted by Crippen LogP contribution is 2.30. The Hall–Kier alpha value is -1.95. The molecule has 2 aliphatic rings. The minimum atomic E-state index is -0.0931. The molecule has 1 fully saturated rings. The molecular formula is C14H19N3O3. The van der Waals surface area contributed by atoms with Gasteiger partial charge < -0.3 is 24.8 Å². The maximum absolute atomic E-state index is 5.98. The average Bonchev–Trinajstić information content (AvgIpc) is 2.53. The van der Waals surface area contributed by atoms with Gasteiger partial charge in [0.1, 0.15) is 6.61 Å². The number of hydrogen-bond donors (Lipinski definition) is 1. The molecule has 6 nitrogen and oxygen atoms in total. The van der Waals surface area contributed by atoms with Crippen LogP contribution in [-0.2, 0) is 4.74 Å². The van der Waals surface area contributed by atoms with Crippen molar-refractivity contribution in [2.75, 3.05) is 39.5 Å². The summed E-state index contributed by atoms with van der Waals surface area (Å²) in [6, 6.07) is 7.65. The fraction of sp³-hybridized carbons (Fsp3) is 0.500. The summed E-state index contributed by atoms with van der Waals surface area (Å²) in [7, 11) is 0. The van der Waals surface area contributed by atoms with Crippen molar-refractivity contribution in [2.24, 2.45) is 10.7 Å². The average molecular weight is 277 g/mol. The third-order valence-electron chi connectivity index (χ3n) is 3.36. The van der Waals surface area contributed by atoms with Crippen molar-refractivity contribution in [3.63, 3.8) is 0 Å². The van der Waals surface area contributed by atoms with E-state index in [1.165, 1.54) is 0 Å². The van der Waals surface area contributed by atoms with Crippen LogP contribution in [0.4, 0.5) is 0 Å². The number of morpholine rings is 1. The first-order valence-corrected chi connectivity index (χ1v) is 6.84. The minimum Gasteiger partial charge on any atom is -0.486 e. The van der Waals surface area contributed by atoms with Gasteiger partial charge in [-0.15, -0.1) is 0 Å². The lowest BCUT2D eigenvalue weighted by atomic mass is 10.2. The highest BCUT2D eigenvalue weighted by molar-refractivity contribution is 5.78. The molecule has 108 valence electrons. The fourth-order valence-electron chi connectivity index (χ4n) is 2.24. The molecular weight excluding hydrogens is 258 g/mol. The Bertz CT molecular complexity index is 486. The second kappa shape index (κ2) is 6.00. The molecule has 20 heavy (non-hydrogen) atoms. The van der Waals surface area contributed by atoms with E-state index in [2.05, 4.69) is 4.99 Å². The monoisotopic (exact) mass is 277 g/mol. The molecule has 0 aliphatic carbocycles. The number of benzene rings is 1. The summed E-state index contributed by atoms with van der Waals surface area (Å²) in [5.74, 6) is 2.11. The first kappa shape index (κ1) is 13.1. The van der Waals surface area contributed by atoms with E-state index in [-0.39, 0.29) is 6.10 Å². The molecule has 2 heterocycles. The van der Waals surface area contributed by atoms with E-state index in [1.807, 2.05) is 29.2 Å². The smallest absolute Gasteiger partial charge is 0.191 e. The molecule has 1 aromatic carbocycles. The van der Waals surface area contributed by atoms with Gasteiger partial charge in [-0.3, -0.25) is 0 Å². The lowest BCUT2D eigenvalue weighted by Crippen LogP contribution is -2.45. The predicted octanol–water partition coefficient (Wildman–Crippen LogP) is 0.473. The summed E-state index contributed by atoms with van der Waals surface area (Å²) in [6.07, 6.45) is -0.0931. The second-order valence-electron chi connectivity index (χ2n) is 4.80. The molecule has 1 atom stereocenters. The third kappa shape index (κ3) is 2.96. The Morgan fingerprint density at radius 3 is 2.80 bits per heavy atom. The van der Waals surface area contributed by atoms with Crippen molar-refractivity contribution in [3.8, 4) is 11.5 Å². The molecule has 1 aromatic rings. The van der Waals surface area contributed by atoms with Gasteiger partial charge in [0.25, 0.3) is 0 Å². The van der Waals surface area contributed by atoms with E-state index in [0.717, 1.165) is 24.6 Å². The van der Waals surface area contributed by atoms with Crippen molar-refractivity contribution in [1.29, 1.82) is 0 Å². The van der Waals surface area contributed by atoms with E-state index in [0.29, 0.717) is 32.3 Å². The first-order chi connectivity index (χ1) is 9.83. The topological polar surface area (TPSA) is 69.3 Å². The van der Waals surface area contributed by atoms with Crippen LogP contribution in [0.5, 0.6) is 11.5 Å². The van der Waals surface area contributed by atoms with Gasteiger partial charge in [0.2, 0.25) is 0 Å². The summed E-state index contributed by atoms with van der Waals surface area (Å²) in [5.41, 5.74) is 5.98. The number of rotatable bonds is 2. The van der Waals surface area contributed by atoms with Crippen molar-refractivity contribution < 1.29 is 14.2 Å². The maximum atomic E-state index is 5.98. The van der Waals surface area contributed by atoms with Gasteiger partial charge in [0.05, 0.1) is 19.8 Å². The summed E-state index contributed by atoms with van der Waals surface area (Å²) in [5, 5.41) is 0. The molecule has 2 aliphatic heterocycles. The first-order valence-electron chi connectivity index (χ1n) is 6.84. The van der Waals surface area contributed by atoms with Gasteiger partial charge in [0.15, 0.2) is 23.6 Å². The van der Waals surface area contributed by atoms with E-state index in [9.17, 15) is 0 Å². The van der Waals surface area contributed by atoms with E-state index in [1.54, 1.807) is 0 Å². The van der Waals surface area contributed by atoms with Gasteiger partial charge in [-0.05, 0) is 12.1 Å². The van der Waals surface area contributed by atoms with Crippen molar-refractivity contribution in [1.82, 2.24) is 4.90 Å². The number of guanidine groups is 1. The van der Waals surface area contributed by atoms with Gasteiger partial charge in [0, 0.05) is 13.1 Å². The van der Waals surface area contributed by atoms with Gasteiger partial charge in [-0.1, -0.05) is 12.1 Å². The van der Waals surface area contributed by atoms with Crippen LogP contribution < -0.4 is 15.2 Å². The van der Waals surface area contributed by atoms with Crippen LogP contribution in [0.3, 0.4) is 0 Å². The van der Waals surface area contributed by atoms with E-state index in [4.69, 9.17) is 19.9 Å². The summed E-state index contributed by atoms with van der Waals surface area (Å²) >= 11 is 0. The number of para-hydroxylation sites is 2. The summed E-state index contributed by atoms with van der Waals surface area (Å²) in [4.78, 5) is 6.43. The SMILES string of the molecule is NC(=NCC1COc2ccccc2O1)N1CCOCC1. The number of ether oxygens (including phenoxy) is 3. The van der Waals surface area contributed by atoms with Gasteiger partial charge >= 0.3 is 0 Å². The summed E-state index contributed by atoms with van der Waals surface area (Å²) in [6.45, 7) is 3.98. The molecule has 6 heteroatoms. The predicted molar refractivity (Wildman–Crippen MR) is 75.2 cm³/mol. The molecule has 2 N–H and O–H groups in total. The Kier molecular flexibility index (Phi) is 3.92. The van der Waals surface area contributed by atoms with Gasteiger partial charge in [-0.2, -0.15) is 0 Å². The summed E-state index contributed by atoms with van der Waals surface area (Å²) < 4.78 is 16.8. The molecule has 0 bridgehead atoms. The highest BCUT2D eigenvalue weighted by atomic mass is 16.6. The Labute approximate surface area is 118 Å². The van der Waals surface area contributed by atoms with E-state index < -0.39 is 0 Å². The molecule has 0 saturated carbocycles. The maximum Gasteiger partial charge on any atom is 0.191 e. The fourth-order valence-corrected chi connectivity index (χ4v) is 2.24. The normalized spacial score (nSPS) is 22.7. The zero-order valence-corrected chi connectivity index (χ0v) is 11.3. The van der Waals surface area contributed by atoms with Crippen molar-refractivity contribution in [3.05, 3.63) is 24.3 Å². The Balaban J connectivity index is 1.56. The van der Waals surface area contributed by atoms with Crippen LogP contribution in [-0.4, -0.2) is 56.4 Å². The van der Waals surface area contributed by atoms with Crippen LogP contribution >= 0.6 is 0 Å². The number of nitrogens with two attached hydrogens (primary N) is 1. The number of hydrogen-bond acceptors (Lipinski definition) is 4. The lowest BCUT2D eigenvalue weighted by Gasteiger charge is -2.29. The molecule has 0 amide bonds. The van der Waals surface area contributed by atoms with Crippen LogP contribution in [0, 0.1) is 0 Å². The molecule has 1 saturated heterocycles. The Morgan fingerprint density at radius 2 is 2.00 bits per heavy atom. The van der Waals surface area contributed by atoms with Crippen molar-refractivity contribution >= 4 is 5.96 Å². The lowest BCUT2D eigenvalue weighted by molar-refractivity contribution is 0.0668. The van der Waals surface area contributed by atoms with Crippen LogP contribution in [0.15, 0.2) is 29.3 Å². The standard InChI is InChI=1S/C14H19N3O3/c15-14(17-5-7-18-8-6-17)16-9-11-10-19-12-3-1-2-4-13(12)20-11/h1-4,11H,5-10H2,(H2,15,16). The molecule has 0 spiro atoms. The van der Waals surface area contributed by atoms with Crippen LogP contribution in [0.25, 0.3) is 0 Å². The largest absolute Gasteiger partial charge is 0.486 e. The highest BCUT2D eigenvalue weighted by Gasteiger charge is 2.20. The zero-order chi connectivity index (χ0) is 13.8. The second-order valence-corrected chi connectivity index (χ2v) is 4.80. The molecule has 0 aromatic heterocycles. The molecule has 0 radical (unpaired) electrons. The molecule has 1 unspecified atom stereocenters. The van der Waals surface area contributed by atoms with Crippen molar-refractivity contribution in [2.45, 2.75) is 6.10 Å². The zero-order valence-electron chi connectivity index (χ0n) is 11.3. The quantitative estimate of drug-likeness (QED) is 0.629. The number of aliphatic imine (C=N–C) groups is 1. The van der Waals surface area contributed by atoms with Crippen LogP contribution in [0.1, 0.15) is 0 Å². The number of fused-ring (bicyclic) bond motifs is 1. The minimum absolute atomic E-state index is 0.0931. The Morgan fingerprint density at radius 1 is 1.25 bits per heavy atom. The van der Waals surface area contributed by atoms with E-state index >= 15 is 0 Å². The number of nitrogens with zero attached hydrogens (tertiary/aromatic N) is 2. The van der Waals surface area contributed by atoms with Crippen LogP contribution in [0.2, 0.25) is 0 Å². The van der Waals surface area contributed by atoms with Gasteiger partial charge in [-0.25, -0.2) is 4.99 Å². The molecule has 3 rings (SSSR count).